The lowest BCUT2D eigenvalue weighted by Crippen LogP contribution is -2.27. The molecule has 2 aromatic carbocycles. The van der Waals surface area contributed by atoms with Gasteiger partial charge in [-0.2, -0.15) is 0 Å². The molecule has 0 radical (unpaired) electrons. The normalized spacial score (nSPS) is 13.6. The van der Waals surface area contributed by atoms with Crippen LogP contribution in [0.15, 0.2) is 48.5 Å². The minimum Gasteiger partial charge on any atom is -0.485 e. The maximum absolute atomic E-state index is 14.8. The highest BCUT2D eigenvalue weighted by Gasteiger charge is 2.25. The highest BCUT2D eigenvalue weighted by Crippen LogP contribution is 2.33. The van der Waals surface area contributed by atoms with Crippen molar-refractivity contribution < 1.29 is 9.13 Å². The van der Waals surface area contributed by atoms with Gasteiger partial charge in [0.15, 0.2) is 6.17 Å². The van der Waals surface area contributed by atoms with Crippen molar-refractivity contribution in [1.82, 2.24) is 5.32 Å². The Balaban J connectivity index is 2.20. The van der Waals surface area contributed by atoms with Crippen molar-refractivity contribution in [2.75, 3.05) is 13.6 Å². The predicted octanol–water partition coefficient (Wildman–Crippen LogP) is 5.06. The van der Waals surface area contributed by atoms with Crippen LogP contribution < -0.4 is 10.1 Å². The van der Waals surface area contributed by atoms with Crippen molar-refractivity contribution in [2.24, 2.45) is 0 Å². The molecule has 0 fully saturated rings. The van der Waals surface area contributed by atoms with Crippen molar-refractivity contribution >= 4 is 23.2 Å². The third-order valence-corrected chi connectivity index (χ3v) is 3.84. The molecule has 0 bridgehead atoms. The van der Waals surface area contributed by atoms with E-state index in [1.54, 1.807) is 30.3 Å². The van der Waals surface area contributed by atoms with Crippen LogP contribution in [-0.2, 0) is 0 Å². The molecule has 2 nitrogen and oxygen atoms in total. The SMILES string of the molecule is CNCCC(Oc1cc(Cl)ccc1Cl)C(F)c1ccccc1. The summed E-state index contributed by atoms with van der Waals surface area (Å²) >= 11 is 12.1. The van der Waals surface area contributed by atoms with E-state index in [2.05, 4.69) is 5.32 Å². The third kappa shape index (κ3) is 4.60. The fourth-order valence-electron chi connectivity index (χ4n) is 2.13. The number of nitrogens with one attached hydrogen (secondary N) is 1. The van der Waals surface area contributed by atoms with Crippen LogP contribution >= 0.6 is 23.2 Å². The zero-order valence-electron chi connectivity index (χ0n) is 12.2. The van der Waals surface area contributed by atoms with E-state index in [0.29, 0.717) is 34.3 Å². The van der Waals surface area contributed by atoms with Crippen molar-refractivity contribution in [3.63, 3.8) is 0 Å². The Hall–Kier alpha value is -1.29. The van der Waals surface area contributed by atoms with Gasteiger partial charge in [-0.3, -0.25) is 0 Å². The summed E-state index contributed by atoms with van der Waals surface area (Å²) in [5, 5.41) is 3.93. The van der Waals surface area contributed by atoms with Gasteiger partial charge >= 0.3 is 0 Å². The summed E-state index contributed by atoms with van der Waals surface area (Å²) in [6.07, 6.45) is -1.38. The summed E-state index contributed by atoms with van der Waals surface area (Å²) in [6, 6.07) is 13.9. The quantitative estimate of drug-likeness (QED) is 0.759. The van der Waals surface area contributed by atoms with Crippen molar-refractivity contribution in [3.8, 4) is 5.75 Å². The molecule has 0 saturated heterocycles. The maximum Gasteiger partial charge on any atom is 0.162 e. The lowest BCUT2D eigenvalue weighted by atomic mass is 10.0. The molecule has 1 N–H and O–H groups in total. The van der Waals surface area contributed by atoms with E-state index in [1.807, 2.05) is 25.2 Å². The number of halogens is 3. The van der Waals surface area contributed by atoms with Gasteiger partial charge in [0.25, 0.3) is 0 Å². The molecule has 2 aromatic rings. The molecule has 0 aliphatic rings. The summed E-state index contributed by atoms with van der Waals surface area (Å²) in [5.41, 5.74) is 0.585. The maximum atomic E-state index is 14.8. The van der Waals surface area contributed by atoms with E-state index in [-0.39, 0.29) is 0 Å². The van der Waals surface area contributed by atoms with E-state index in [4.69, 9.17) is 27.9 Å². The van der Waals surface area contributed by atoms with Gasteiger partial charge in [-0.15, -0.1) is 0 Å². The van der Waals surface area contributed by atoms with Crippen LogP contribution in [0.25, 0.3) is 0 Å². The lowest BCUT2D eigenvalue weighted by Gasteiger charge is -2.23. The molecule has 2 atom stereocenters. The van der Waals surface area contributed by atoms with E-state index < -0.39 is 12.3 Å². The van der Waals surface area contributed by atoms with Crippen LogP contribution in [0.3, 0.4) is 0 Å². The zero-order chi connectivity index (χ0) is 15.9. The highest BCUT2D eigenvalue weighted by molar-refractivity contribution is 6.34. The van der Waals surface area contributed by atoms with Crippen molar-refractivity contribution in [3.05, 3.63) is 64.1 Å². The summed E-state index contributed by atoms with van der Waals surface area (Å²) in [6.45, 7) is 0.635. The van der Waals surface area contributed by atoms with Gasteiger partial charge in [0.05, 0.1) is 5.02 Å². The van der Waals surface area contributed by atoms with Crippen LogP contribution in [0.1, 0.15) is 18.2 Å². The molecule has 0 spiro atoms. The minimum atomic E-state index is -1.25. The number of rotatable bonds is 7. The largest absolute Gasteiger partial charge is 0.485 e. The Morgan fingerprint density at radius 3 is 2.55 bits per heavy atom. The van der Waals surface area contributed by atoms with Crippen LogP contribution in [0.2, 0.25) is 10.0 Å². The zero-order valence-corrected chi connectivity index (χ0v) is 13.7. The van der Waals surface area contributed by atoms with Crippen LogP contribution in [0.5, 0.6) is 5.75 Å². The molecule has 2 rings (SSSR count). The fraction of sp³-hybridized carbons (Fsp3) is 0.294. The summed E-state index contributed by atoms with van der Waals surface area (Å²) in [4.78, 5) is 0. The van der Waals surface area contributed by atoms with Crippen LogP contribution in [0, 0.1) is 0 Å². The first-order chi connectivity index (χ1) is 10.6. The van der Waals surface area contributed by atoms with E-state index >= 15 is 0 Å². The molecular weight excluding hydrogens is 324 g/mol. The summed E-state index contributed by atoms with van der Waals surface area (Å²) in [7, 11) is 1.82. The molecule has 0 saturated carbocycles. The molecular formula is C17H18Cl2FNO. The number of ether oxygens (including phenoxy) is 1. The second kappa shape index (κ2) is 8.37. The second-order valence-corrected chi connectivity index (χ2v) is 5.78. The van der Waals surface area contributed by atoms with Gasteiger partial charge in [-0.1, -0.05) is 53.5 Å². The third-order valence-electron chi connectivity index (χ3n) is 3.29. The molecule has 0 heterocycles. The molecule has 0 aromatic heterocycles. The Kier molecular flexibility index (Phi) is 6.49. The first-order valence-corrected chi connectivity index (χ1v) is 7.82. The molecule has 0 aliphatic carbocycles. The summed E-state index contributed by atoms with van der Waals surface area (Å²) < 4.78 is 20.6. The van der Waals surface area contributed by atoms with Crippen molar-refractivity contribution in [2.45, 2.75) is 18.7 Å². The van der Waals surface area contributed by atoms with Crippen LogP contribution in [-0.4, -0.2) is 19.7 Å². The van der Waals surface area contributed by atoms with Gasteiger partial charge in [-0.25, -0.2) is 4.39 Å². The molecule has 2 unspecified atom stereocenters. The summed E-state index contributed by atoms with van der Waals surface area (Å²) in [5.74, 6) is 0.397. The average molecular weight is 342 g/mol. The first kappa shape index (κ1) is 17.1. The fourth-order valence-corrected chi connectivity index (χ4v) is 2.46. The number of alkyl halides is 1. The topological polar surface area (TPSA) is 21.3 Å². The van der Waals surface area contributed by atoms with Crippen LogP contribution in [0.4, 0.5) is 4.39 Å². The van der Waals surface area contributed by atoms with E-state index in [0.717, 1.165) is 0 Å². The van der Waals surface area contributed by atoms with Crippen molar-refractivity contribution in [1.29, 1.82) is 0 Å². The Bertz CT molecular complexity index is 594. The molecule has 0 aliphatic heterocycles. The van der Waals surface area contributed by atoms with E-state index in [9.17, 15) is 4.39 Å². The Morgan fingerprint density at radius 1 is 1.14 bits per heavy atom. The van der Waals surface area contributed by atoms with Gasteiger partial charge in [0, 0.05) is 11.1 Å². The minimum absolute atomic E-state index is 0.397. The molecule has 5 heteroatoms. The molecule has 118 valence electrons. The lowest BCUT2D eigenvalue weighted by molar-refractivity contribution is 0.0926. The van der Waals surface area contributed by atoms with Gasteiger partial charge in [0.2, 0.25) is 0 Å². The monoisotopic (exact) mass is 341 g/mol. The van der Waals surface area contributed by atoms with E-state index in [1.165, 1.54) is 0 Å². The average Bonchev–Trinajstić information content (AvgIpc) is 2.54. The first-order valence-electron chi connectivity index (χ1n) is 7.07. The molecule has 0 amide bonds. The molecule has 22 heavy (non-hydrogen) atoms. The van der Waals surface area contributed by atoms with Gasteiger partial charge < -0.3 is 10.1 Å². The number of benzene rings is 2. The number of hydrogen-bond acceptors (Lipinski definition) is 2. The Morgan fingerprint density at radius 2 is 1.86 bits per heavy atom. The highest BCUT2D eigenvalue weighted by atomic mass is 35.5. The predicted molar refractivity (Wildman–Crippen MR) is 89.7 cm³/mol. The van der Waals surface area contributed by atoms with Gasteiger partial charge in [-0.05, 0) is 37.7 Å². The Labute approximate surface area is 140 Å². The van der Waals surface area contributed by atoms with Gasteiger partial charge in [0.1, 0.15) is 11.9 Å². The smallest absolute Gasteiger partial charge is 0.162 e. The second-order valence-electron chi connectivity index (χ2n) is 4.94. The standard InChI is InChI=1S/C17H18Cl2FNO/c1-21-10-9-15(17(20)12-5-3-2-4-6-12)22-16-11-13(18)7-8-14(16)19/h2-8,11,15,17,21H,9-10H2,1H3. The number of hydrogen-bond donors (Lipinski definition) is 1.